The van der Waals surface area contributed by atoms with E-state index in [0.717, 1.165) is 26.1 Å². The molecule has 0 spiro atoms. The molecule has 0 aromatic carbocycles. The van der Waals surface area contributed by atoms with Crippen LogP contribution in [0.5, 0.6) is 0 Å². The maximum absolute atomic E-state index is 4.53. The highest BCUT2D eigenvalue weighted by Crippen LogP contribution is 2.13. The number of fused-ring (bicyclic) bond motifs is 1. The average molecular weight is 195 g/mol. The van der Waals surface area contributed by atoms with E-state index in [2.05, 4.69) is 28.7 Å². The molecular formula is C11H21N3. The second-order valence-corrected chi connectivity index (χ2v) is 3.24. The highest BCUT2D eigenvalue weighted by Gasteiger charge is 2.15. The lowest BCUT2D eigenvalue weighted by molar-refractivity contribution is 0.501. The van der Waals surface area contributed by atoms with E-state index < -0.39 is 0 Å². The zero-order valence-electron chi connectivity index (χ0n) is 9.72. The van der Waals surface area contributed by atoms with E-state index in [1.807, 2.05) is 13.8 Å². The Bertz CT molecular complexity index is 289. The summed E-state index contributed by atoms with van der Waals surface area (Å²) >= 11 is 0. The van der Waals surface area contributed by atoms with E-state index >= 15 is 0 Å². The molecule has 2 rings (SSSR count). The molecule has 0 unspecified atom stereocenters. The van der Waals surface area contributed by atoms with E-state index in [1.54, 1.807) is 0 Å². The van der Waals surface area contributed by atoms with Gasteiger partial charge in [0.25, 0.3) is 0 Å². The fourth-order valence-electron chi connectivity index (χ4n) is 1.82. The van der Waals surface area contributed by atoms with Crippen LogP contribution < -0.4 is 5.32 Å². The monoisotopic (exact) mass is 195 g/mol. The van der Waals surface area contributed by atoms with Crippen molar-refractivity contribution in [3.63, 3.8) is 0 Å². The number of aryl methyl sites for hydroxylation is 2. The van der Waals surface area contributed by atoms with Crippen molar-refractivity contribution in [3.8, 4) is 0 Å². The minimum atomic E-state index is 0.985. The second kappa shape index (κ2) is 5.15. The fourth-order valence-corrected chi connectivity index (χ4v) is 1.82. The van der Waals surface area contributed by atoms with Crippen LogP contribution in [0.25, 0.3) is 0 Å². The van der Waals surface area contributed by atoms with Crippen LogP contribution in [-0.2, 0) is 19.5 Å². The highest BCUT2D eigenvalue weighted by molar-refractivity contribution is 5.17. The van der Waals surface area contributed by atoms with Gasteiger partial charge in [0.2, 0.25) is 0 Å². The number of nitrogens with zero attached hydrogens (tertiary/aromatic N) is 2. The molecule has 1 aliphatic heterocycles. The lowest BCUT2D eigenvalue weighted by Gasteiger charge is -2.17. The molecule has 0 atom stereocenters. The number of imidazole rings is 1. The van der Waals surface area contributed by atoms with Crippen molar-refractivity contribution in [1.29, 1.82) is 0 Å². The minimum Gasteiger partial charge on any atom is -0.329 e. The topological polar surface area (TPSA) is 29.9 Å². The molecule has 1 aromatic heterocycles. The molecule has 0 amide bonds. The number of hydrogen-bond acceptors (Lipinski definition) is 2. The number of hydrogen-bond donors (Lipinski definition) is 1. The molecule has 3 heteroatoms. The molecule has 3 nitrogen and oxygen atoms in total. The van der Waals surface area contributed by atoms with Gasteiger partial charge in [0.05, 0.1) is 11.4 Å². The van der Waals surface area contributed by atoms with E-state index in [9.17, 15) is 0 Å². The second-order valence-electron chi connectivity index (χ2n) is 3.24. The molecule has 1 aliphatic rings. The summed E-state index contributed by atoms with van der Waals surface area (Å²) in [5.41, 5.74) is 2.57. The molecule has 0 fully saturated rings. The minimum absolute atomic E-state index is 0.985. The van der Waals surface area contributed by atoms with Gasteiger partial charge in [-0.15, -0.1) is 0 Å². The molecule has 0 bridgehead atoms. The van der Waals surface area contributed by atoms with Gasteiger partial charge in [0.15, 0.2) is 0 Å². The fraction of sp³-hybridized carbons (Fsp3) is 0.727. The van der Waals surface area contributed by atoms with Gasteiger partial charge in [-0.05, 0) is 6.92 Å². The van der Waals surface area contributed by atoms with Crippen LogP contribution in [-0.4, -0.2) is 16.1 Å². The van der Waals surface area contributed by atoms with Gasteiger partial charge in [-0.1, -0.05) is 20.8 Å². The predicted octanol–water partition coefficient (Wildman–Crippen LogP) is 1.88. The Hall–Kier alpha value is -0.830. The summed E-state index contributed by atoms with van der Waals surface area (Å²) in [5, 5.41) is 3.36. The maximum Gasteiger partial charge on any atom is 0.108 e. The number of aromatic nitrogens is 2. The van der Waals surface area contributed by atoms with Gasteiger partial charge in [-0.25, -0.2) is 4.98 Å². The quantitative estimate of drug-likeness (QED) is 0.741. The summed E-state index contributed by atoms with van der Waals surface area (Å²) in [6.45, 7) is 11.4. The van der Waals surface area contributed by atoms with Crippen LogP contribution in [0.15, 0.2) is 0 Å². The molecule has 0 radical (unpaired) electrons. The first kappa shape index (κ1) is 11.2. The molecule has 0 aliphatic carbocycles. The van der Waals surface area contributed by atoms with Crippen molar-refractivity contribution >= 4 is 0 Å². The van der Waals surface area contributed by atoms with Crippen LogP contribution in [0.2, 0.25) is 0 Å². The Kier molecular flexibility index (Phi) is 4.14. The van der Waals surface area contributed by atoms with Crippen LogP contribution in [0.3, 0.4) is 0 Å². The largest absolute Gasteiger partial charge is 0.329 e. The Morgan fingerprint density at radius 1 is 1.43 bits per heavy atom. The van der Waals surface area contributed by atoms with Gasteiger partial charge >= 0.3 is 0 Å². The maximum atomic E-state index is 4.53. The molecule has 1 aromatic rings. The van der Waals surface area contributed by atoms with Crippen LogP contribution >= 0.6 is 0 Å². The molecule has 0 saturated carbocycles. The van der Waals surface area contributed by atoms with E-state index in [4.69, 9.17) is 0 Å². The van der Waals surface area contributed by atoms with Gasteiger partial charge in [-0.3, -0.25) is 0 Å². The summed E-state index contributed by atoms with van der Waals surface area (Å²) in [5.74, 6) is 1.24. The summed E-state index contributed by atoms with van der Waals surface area (Å²) in [6.07, 6.45) is 1.04. The average Bonchev–Trinajstić information content (AvgIpc) is 2.59. The SMILES string of the molecule is CC.CCc1nc(C)c2n1CCNC2. The summed E-state index contributed by atoms with van der Waals surface area (Å²) in [6, 6.07) is 0. The van der Waals surface area contributed by atoms with Crippen molar-refractivity contribution < 1.29 is 0 Å². The van der Waals surface area contributed by atoms with Crippen LogP contribution in [0, 0.1) is 6.92 Å². The third kappa shape index (κ3) is 1.98. The summed E-state index contributed by atoms with van der Waals surface area (Å²) < 4.78 is 2.35. The summed E-state index contributed by atoms with van der Waals surface area (Å²) in [7, 11) is 0. The third-order valence-corrected chi connectivity index (χ3v) is 2.47. The molecule has 80 valence electrons. The first-order chi connectivity index (χ1) is 6.83. The smallest absolute Gasteiger partial charge is 0.108 e. The lowest BCUT2D eigenvalue weighted by Crippen LogP contribution is -2.28. The Morgan fingerprint density at radius 2 is 2.14 bits per heavy atom. The highest BCUT2D eigenvalue weighted by atomic mass is 15.1. The molecule has 14 heavy (non-hydrogen) atoms. The molecule has 2 heterocycles. The Labute approximate surface area is 86.5 Å². The standard InChI is InChI=1S/C9H15N3.C2H6/c1-3-9-11-7(2)8-6-10-4-5-12(8)9;1-2/h10H,3-6H2,1-2H3;1-2H3. The van der Waals surface area contributed by atoms with Crippen molar-refractivity contribution in [2.24, 2.45) is 0 Å². The van der Waals surface area contributed by atoms with E-state index in [-0.39, 0.29) is 0 Å². The normalized spacial score (nSPS) is 14.3. The van der Waals surface area contributed by atoms with Crippen molar-refractivity contribution in [2.45, 2.75) is 47.2 Å². The van der Waals surface area contributed by atoms with E-state index in [0.29, 0.717) is 0 Å². The van der Waals surface area contributed by atoms with Gasteiger partial charge in [-0.2, -0.15) is 0 Å². The first-order valence-corrected chi connectivity index (χ1v) is 5.58. The van der Waals surface area contributed by atoms with Crippen molar-refractivity contribution in [3.05, 3.63) is 17.2 Å². The zero-order chi connectivity index (χ0) is 10.6. The third-order valence-electron chi connectivity index (χ3n) is 2.47. The van der Waals surface area contributed by atoms with Crippen LogP contribution in [0.1, 0.15) is 38.0 Å². The Balaban J connectivity index is 0.000000461. The number of rotatable bonds is 1. The van der Waals surface area contributed by atoms with Gasteiger partial charge in [0.1, 0.15) is 5.82 Å². The molecular weight excluding hydrogens is 174 g/mol. The van der Waals surface area contributed by atoms with Crippen molar-refractivity contribution in [1.82, 2.24) is 14.9 Å². The number of nitrogens with one attached hydrogen (secondary N) is 1. The van der Waals surface area contributed by atoms with Gasteiger partial charge < -0.3 is 9.88 Å². The van der Waals surface area contributed by atoms with Crippen molar-refractivity contribution in [2.75, 3.05) is 6.54 Å². The molecule has 1 N–H and O–H groups in total. The van der Waals surface area contributed by atoms with E-state index in [1.165, 1.54) is 17.2 Å². The summed E-state index contributed by atoms with van der Waals surface area (Å²) in [4.78, 5) is 4.53. The Morgan fingerprint density at radius 3 is 2.79 bits per heavy atom. The first-order valence-electron chi connectivity index (χ1n) is 5.58. The predicted molar refractivity (Wildman–Crippen MR) is 59.4 cm³/mol. The lowest BCUT2D eigenvalue weighted by atomic mass is 10.3. The zero-order valence-corrected chi connectivity index (χ0v) is 9.72. The van der Waals surface area contributed by atoms with Gasteiger partial charge in [0, 0.05) is 26.1 Å². The molecule has 0 saturated heterocycles. The van der Waals surface area contributed by atoms with Crippen LogP contribution in [0.4, 0.5) is 0 Å².